The van der Waals surface area contributed by atoms with Crippen LogP contribution in [0.3, 0.4) is 0 Å². The summed E-state index contributed by atoms with van der Waals surface area (Å²) in [6.45, 7) is 6.15. The number of nitrogens with zero attached hydrogens (tertiary/aromatic N) is 1. The summed E-state index contributed by atoms with van der Waals surface area (Å²) in [6.07, 6.45) is 1.78. The second kappa shape index (κ2) is 4.21. The fourth-order valence-corrected chi connectivity index (χ4v) is 2.04. The summed E-state index contributed by atoms with van der Waals surface area (Å²) in [7, 11) is 0. The number of carbonyl (C=O) groups is 2. The van der Waals surface area contributed by atoms with E-state index in [0.29, 0.717) is 19.4 Å². The first-order valence-electron chi connectivity index (χ1n) is 5.42. The molecule has 1 aliphatic heterocycles. The minimum atomic E-state index is -0.980. The molecule has 0 radical (unpaired) electrons. The van der Waals surface area contributed by atoms with Crippen LogP contribution in [0.15, 0.2) is 0 Å². The van der Waals surface area contributed by atoms with E-state index in [2.05, 4.69) is 0 Å². The van der Waals surface area contributed by atoms with E-state index >= 15 is 0 Å². The third-order valence-electron chi connectivity index (χ3n) is 2.99. The monoisotopic (exact) mass is 213 g/mol. The number of hydrogen-bond donors (Lipinski definition) is 1. The van der Waals surface area contributed by atoms with Crippen molar-refractivity contribution in [1.82, 2.24) is 4.90 Å². The molecule has 0 bridgehead atoms. The van der Waals surface area contributed by atoms with Crippen molar-refractivity contribution >= 4 is 11.9 Å². The van der Waals surface area contributed by atoms with Gasteiger partial charge in [-0.25, -0.2) is 4.79 Å². The van der Waals surface area contributed by atoms with E-state index in [1.165, 1.54) is 4.90 Å². The molecule has 1 heterocycles. The van der Waals surface area contributed by atoms with Crippen LogP contribution < -0.4 is 0 Å². The zero-order valence-electron chi connectivity index (χ0n) is 9.62. The van der Waals surface area contributed by atoms with E-state index in [1.54, 1.807) is 6.92 Å². The third-order valence-corrected chi connectivity index (χ3v) is 2.99. The molecule has 1 aliphatic rings. The van der Waals surface area contributed by atoms with Crippen molar-refractivity contribution in [3.8, 4) is 0 Å². The first kappa shape index (κ1) is 12.0. The number of carboxylic acids is 1. The Labute approximate surface area is 90.3 Å². The SMILES string of the molecule is CC(C)CC(=O)N1CCCC1(C)C(=O)O. The first-order valence-corrected chi connectivity index (χ1v) is 5.42. The molecule has 0 saturated carbocycles. The summed E-state index contributed by atoms with van der Waals surface area (Å²) in [6, 6.07) is 0. The van der Waals surface area contributed by atoms with Gasteiger partial charge in [0.05, 0.1) is 0 Å². The molecule has 0 aromatic heterocycles. The second-order valence-electron chi connectivity index (χ2n) is 4.83. The van der Waals surface area contributed by atoms with Crippen LogP contribution in [0.2, 0.25) is 0 Å². The Morgan fingerprint density at radius 2 is 2.07 bits per heavy atom. The van der Waals surface area contributed by atoms with Gasteiger partial charge in [-0.05, 0) is 25.7 Å². The molecule has 1 rings (SSSR count). The minimum absolute atomic E-state index is 0.0348. The predicted octanol–water partition coefficient (Wildman–Crippen LogP) is 1.50. The maximum Gasteiger partial charge on any atom is 0.329 e. The van der Waals surface area contributed by atoms with Crippen LogP contribution in [0.25, 0.3) is 0 Å². The quantitative estimate of drug-likeness (QED) is 0.772. The van der Waals surface area contributed by atoms with Crippen molar-refractivity contribution in [1.29, 1.82) is 0 Å². The van der Waals surface area contributed by atoms with E-state index in [1.807, 2.05) is 13.8 Å². The van der Waals surface area contributed by atoms with Gasteiger partial charge in [-0.2, -0.15) is 0 Å². The molecule has 1 amide bonds. The standard InChI is InChI=1S/C11H19NO3/c1-8(2)7-9(13)12-6-4-5-11(12,3)10(14)15/h8H,4-7H2,1-3H3,(H,14,15). The number of amides is 1. The van der Waals surface area contributed by atoms with Gasteiger partial charge in [0.2, 0.25) is 5.91 Å². The second-order valence-corrected chi connectivity index (χ2v) is 4.83. The molecule has 1 fully saturated rings. The Bertz CT molecular complexity index is 275. The van der Waals surface area contributed by atoms with Crippen molar-refractivity contribution in [3.05, 3.63) is 0 Å². The molecule has 0 aromatic rings. The number of carboxylic acid groups (broad SMARTS) is 1. The average Bonchev–Trinajstić information content (AvgIpc) is 2.47. The Kier molecular flexibility index (Phi) is 3.37. The molecule has 86 valence electrons. The number of hydrogen-bond acceptors (Lipinski definition) is 2. The number of rotatable bonds is 3. The van der Waals surface area contributed by atoms with E-state index in [-0.39, 0.29) is 11.8 Å². The van der Waals surface area contributed by atoms with Crippen LogP contribution in [0.5, 0.6) is 0 Å². The first-order chi connectivity index (χ1) is 6.88. The lowest BCUT2D eigenvalue weighted by molar-refractivity contribution is -0.155. The molecule has 1 unspecified atom stereocenters. The maximum atomic E-state index is 11.8. The van der Waals surface area contributed by atoms with Crippen LogP contribution >= 0.6 is 0 Å². The Morgan fingerprint density at radius 1 is 1.47 bits per heavy atom. The molecule has 0 aliphatic carbocycles. The number of likely N-dealkylation sites (tertiary alicyclic amines) is 1. The largest absolute Gasteiger partial charge is 0.480 e. The van der Waals surface area contributed by atoms with Crippen molar-refractivity contribution < 1.29 is 14.7 Å². The Balaban J connectivity index is 2.76. The predicted molar refractivity (Wildman–Crippen MR) is 56.4 cm³/mol. The number of aliphatic carboxylic acids is 1. The van der Waals surface area contributed by atoms with Gasteiger partial charge >= 0.3 is 5.97 Å². The fraction of sp³-hybridized carbons (Fsp3) is 0.818. The molecular weight excluding hydrogens is 194 g/mol. The highest BCUT2D eigenvalue weighted by Crippen LogP contribution is 2.30. The number of carbonyl (C=O) groups excluding carboxylic acids is 1. The van der Waals surface area contributed by atoms with Crippen LogP contribution in [0, 0.1) is 5.92 Å². The molecule has 4 heteroatoms. The molecule has 0 spiro atoms. The molecule has 4 nitrogen and oxygen atoms in total. The van der Waals surface area contributed by atoms with Gasteiger partial charge in [0.15, 0.2) is 0 Å². The topological polar surface area (TPSA) is 57.6 Å². The van der Waals surface area contributed by atoms with Crippen LogP contribution in [0.4, 0.5) is 0 Å². The van der Waals surface area contributed by atoms with E-state index in [9.17, 15) is 9.59 Å². The Hall–Kier alpha value is -1.06. The average molecular weight is 213 g/mol. The summed E-state index contributed by atoms with van der Waals surface area (Å²) >= 11 is 0. The Morgan fingerprint density at radius 3 is 2.53 bits per heavy atom. The third kappa shape index (κ3) is 2.30. The summed E-state index contributed by atoms with van der Waals surface area (Å²) in [4.78, 5) is 24.5. The van der Waals surface area contributed by atoms with Crippen LogP contribution in [0.1, 0.15) is 40.0 Å². The molecule has 1 N–H and O–H groups in total. The normalized spacial score (nSPS) is 26.0. The lowest BCUT2D eigenvalue weighted by Crippen LogP contribution is -2.51. The van der Waals surface area contributed by atoms with Gasteiger partial charge in [0, 0.05) is 13.0 Å². The molecule has 0 aromatic carbocycles. The minimum Gasteiger partial charge on any atom is -0.480 e. The maximum absolute atomic E-state index is 11.8. The molecular formula is C11H19NO3. The van der Waals surface area contributed by atoms with Crippen LogP contribution in [-0.4, -0.2) is 34.0 Å². The van der Waals surface area contributed by atoms with Gasteiger partial charge in [0.25, 0.3) is 0 Å². The van der Waals surface area contributed by atoms with Crippen molar-refractivity contribution in [2.24, 2.45) is 5.92 Å². The summed E-state index contributed by atoms with van der Waals surface area (Å²) < 4.78 is 0. The smallest absolute Gasteiger partial charge is 0.329 e. The van der Waals surface area contributed by atoms with Gasteiger partial charge < -0.3 is 10.0 Å². The van der Waals surface area contributed by atoms with E-state index < -0.39 is 11.5 Å². The van der Waals surface area contributed by atoms with Gasteiger partial charge in [-0.1, -0.05) is 13.8 Å². The van der Waals surface area contributed by atoms with Crippen LogP contribution in [-0.2, 0) is 9.59 Å². The fourth-order valence-electron chi connectivity index (χ4n) is 2.04. The summed E-state index contributed by atoms with van der Waals surface area (Å²) in [5.74, 6) is -0.652. The summed E-state index contributed by atoms with van der Waals surface area (Å²) in [5, 5.41) is 9.13. The van der Waals surface area contributed by atoms with Gasteiger partial charge in [0.1, 0.15) is 5.54 Å². The van der Waals surface area contributed by atoms with Crippen molar-refractivity contribution in [2.75, 3.05) is 6.54 Å². The lowest BCUT2D eigenvalue weighted by Gasteiger charge is -2.31. The highest BCUT2D eigenvalue weighted by atomic mass is 16.4. The molecule has 15 heavy (non-hydrogen) atoms. The highest BCUT2D eigenvalue weighted by Gasteiger charge is 2.45. The molecule has 1 atom stereocenters. The van der Waals surface area contributed by atoms with E-state index in [0.717, 1.165) is 6.42 Å². The molecule has 1 saturated heterocycles. The van der Waals surface area contributed by atoms with Gasteiger partial charge in [-0.3, -0.25) is 4.79 Å². The highest BCUT2D eigenvalue weighted by molar-refractivity contribution is 5.87. The van der Waals surface area contributed by atoms with Crippen molar-refractivity contribution in [3.63, 3.8) is 0 Å². The zero-order valence-corrected chi connectivity index (χ0v) is 9.62. The summed E-state index contributed by atoms with van der Waals surface area (Å²) in [5.41, 5.74) is -0.980. The van der Waals surface area contributed by atoms with Crippen molar-refractivity contribution in [2.45, 2.75) is 45.6 Å². The van der Waals surface area contributed by atoms with E-state index in [4.69, 9.17) is 5.11 Å². The zero-order chi connectivity index (χ0) is 11.6. The lowest BCUT2D eigenvalue weighted by atomic mass is 9.98. The van der Waals surface area contributed by atoms with Gasteiger partial charge in [-0.15, -0.1) is 0 Å².